The number of hydrogen-bond acceptors (Lipinski definition) is 3. The lowest BCUT2D eigenvalue weighted by Gasteiger charge is -2.13. The minimum absolute atomic E-state index is 0.0422. The largest absolute Gasteiger partial charge is 0.478 e. The molecule has 0 spiro atoms. The van der Waals surface area contributed by atoms with Crippen LogP contribution in [0.1, 0.15) is 36.1 Å². The Bertz CT molecular complexity index is 552. The van der Waals surface area contributed by atoms with Gasteiger partial charge in [-0.3, -0.25) is 0 Å². The molecule has 1 heterocycles. The van der Waals surface area contributed by atoms with E-state index in [4.69, 9.17) is 5.11 Å². The number of carboxylic acids is 1. The minimum Gasteiger partial charge on any atom is -0.478 e. The lowest BCUT2D eigenvalue weighted by atomic mass is 9.98. The zero-order valence-corrected chi connectivity index (χ0v) is 10.3. The fourth-order valence-electron chi connectivity index (χ4n) is 1.44. The quantitative estimate of drug-likeness (QED) is 0.825. The number of rotatable bonds is 1. The summed E-state index contributed by atoms with van der Waals surface area (Å²) in [6.07, 6.45) is 0. The minimum atomic E-state index is -0.920. The predicted octanol–water partition coefficient (Wildman–Crippen LogP) is 3.29. The number of benzene rings is 1. The highest BCUT2D eigenvalue weighted by atomic mass is 32.1. The SMILES string of the molecule is CC(C)(C)c1nc2c(C(=O)O)cccc2s1. The summed E-state index contributed by atoms with van der Waals surface area (Å²) in [5, 5.41) is 10.0. The van der Waals surface area contributed by atoms with Crippen molar-refractivity contribution in [1.82, 2.24) is 4.98 Å². The maximum atomic E-state index is 11.0. The van der Waals surface area contributed by atoms with Crippen LogP contribution in [0.15, 0.2) is 18.2 Å². The van der Waals surface area contributed by atoms with E-state index in [0.717, 1.165) is 9.71 Å². The Balaban J connectivity index is 2.71. The van der Waals surface area contributed by atoms with Crippen LogP contribution in [0, 0.1) is 0 Å². The van der Waals surface area contributed by atoms with Gasteiger partial charge in [0.15, 0.2) is 0 Å². The molecule has 0 bridgehead atoms. The van der Waals surface area contributed by atoms with Crippen molar-refractivity contribution < 1.29 is 9.90 Å². The summed E-state index contributed by atoms with van der Waals surface area (Å²) in [5.74, 6) is -0.920. The molecule has 4 heteroatoms. The van der Waals surface area contributed by atoms with E-state index in [9.17, 15) is 4.79 Å². The normalized spacial score (nSPS) is 11.9. The molecular weight excluding hydrogens is 222 g/mol. The number of aromatic nitrogens is 1. The Morgan fingerprint density at radius 1 is 1.38 bits per heavy atom. The van der Waals surface area contributed by atoms with E-state index < -0.39 is 5.97 Å². The average Bonchev–Trinajstić information content (AvgIpc) is 2.59. The summed E-state index contributed by atoms with van der Waals surface area (Å²) in [6, 6.07) is 5.27. The molecular formula is C12H13NO2S. The van der Waals surface area contributed by atoms with Crippen molar-refractivity contribution in [2.24, 2.45) is 0 Å². The Kier molecular flexibility index (Phi) is 2.46. The van der Waals surface area contributed by atoms with Gasteiger partial charge in [-0.2, -0.15) is 0 Å². The van der Waals surface area contributed by atoms with Crippen molar-refractivity contribution in [3.63, 3.8) is 0 Å². The third kappa shape index (κ3) is 1.80. The number of thiazole rings is 1. The van der Waals surface area contributed by atoms with Crippen molar-refractivity contribution in [3.05, 3.63) is 28.8 Å². The van der Waals surface area contributed by atoms with Crippen LogP contribution in [-0.2, 0) is 5.41 Å². The summed E-state index contributed by atoms with van der Waals surface area (Å²) in [5.41, 5.74) is 0.841. The molecule has 0 atom stereocenters. The van der Waals surface area contributed by atoms with Gasteiger partial charge in [0.05, 0.1) is 20.8 Å². The molecule has 2 aromatic rings. The number of fused-ring (bicyclic) bond motifs is 1. The van der Waals surface area contributed by atoms with Gasteiger partial charge < -0.3 is 5.11 Å². The monoisotopic (exact) mass is 235 g/mol. The van der Waals surface area contributed by atoms with E-state index in [-0.39, 0.29) is 11.0 Å². The van der Waals surface area contributed by atoms with E-state index in [1.807, 2.05) is 6.07 Å². The van der Waals surface area contributed by atoms with E-state index >= 15 is 0 Å². The number of para-hydroxylation sites is 1. The zero-order valence-electron chi connectivity index (χ0n) is 9.44. The Hall–Kier alpha value is -1.42. The Labute approximate surface area is 97.8 Å². The molecule has 1 aromatic heterocycles. The predicted molar refractivity (Wildman–Crippen MR) is 65.3 cm³/mol. The lowest BCUT2D eigenvalue weighted by Crippen LogP contribution is -2.10. The molecule has 0 fully saturated rings. The summed E-state index contributed by atoms with van der Waals surface area (Å²) >= 11 is 1.56. The second-order valence-corrected chi connectivity index (χ2v) is 5.76. The number of aromatic carboxylic acids is 1. The fraction of sp³-hybridized carbons (Fsp3) is 0.333. The summed E-state index contributed by atoms with van der Waals surface area (Å²) in [4.78, 5) is 15.5. The first-order chi connectivity index (χ1) is 7.39. The lowest BCUT2D eigenvalue weighted by molar-refractivity contribution is 0.0699. The molecule has 0 saturated heterocycles. The summed E-state index contributed by atoms with van der Waals surface area (Å²) < 4.78 is 0.935. The third-order valence-electron chi connectivity index (χ3n) is 2.29. The molecule has 0 aliphatic rings. The van der Waals surface area contributed by atoms with Crippen LogP contribution in [0.3, 0.4) is 0 Å². The van der Waals surface area contributed by atoms with Crippen LogP contribution in [0.25, 0.3) is 10.2 Å². The molecule has 0 radical (unpaired) electrons. The van der Waals surface area contributed by atoms with Crippen molar-refractivity contribution >= 4 is 27.5 Å². The van der Waals surface area contributed by atoms with Crippen LogP contribution in [0.4, 0.5) is 0 Å². The average molecular weight is 235 g/mol. The van der Waals surface area contributed by atoms with Crippen molar-refractivity contribution in [2.45, 2.75) is 26.2 Å². The standard InChI is InChI=1S/C12H13NO2S/c1-12(2,3)11-13-9-7(10(14)15)5-4-6-8(9)16-11/h4-6H,1-3H3,(H,14,15). The van der Waals surface area contributed by atoms with Gasteiger partial charge in [0.1, 0.15) is 0 Å². The summed E-state index contributed by atoms with van der Waals surface area (Å²) in [7, 11) is 0. The van der Waals surface area contributed by atoms with Gasteiger partial charge in [0.25, 0.3) is 0 Å². The van der Waals surface area contributed by atoms with Gasteiger partial charge >= 0.3 is 5.97 Å². The fourth-order valence-corrected chi connectivity index (χ4v) is 2.49. The number of hydrogen-bond donors (Lipinski definition) is 1. The molecule has 1 N–H and O–H groups in total. The summed E-state index contributed by atoms with van der Waals surface area (Å²) in [6.45, 7) is 6.22. The second-order valence-electron chi connectivity index (χ2n) is 4.73. The number of carboxylic acid groups (broad SMARTS) is 1. The molecule has 3 nitrogen and oxygen atoms in total. The molecule has 0 aliphatic carbocycles. The second kappa shape index (κ2) is 3.56. The molecule has 84 valence electrons. The van der Waals surface area contributed by atoms with Crippen molar-refractivity contribution in [1.29, 1.82) is 0 Å². The van der Waals surface area contributed by atoms with Crippen LogP contribution in [0.2, 0.25) is 0 Å². The van der Waals surface area contributed by atoms with Crippen LogP contribution in [0.5, 0.6) is 0 Å². The smallest absolute Gasteiger partial charge is 0.337 e. The van der Waals surface area contributed by atoms with E-state index in [2.05, 4.69) is 25.8 Å². The van der Waals surface area contributed by atoms with E-state index in [1.165, 1.54) is 0 Å². The van der Waals surface area contributed by atoms with Crippen molar-refractivity contribution in [3.8, 4) is 0 Å². The molecule has 0 amide bonds. The Morgan fingerprint density at radius 3 is 2.62 bits per heavy atom. The first-order valence-corrected chi connectivity index (χ1v) is 5.84. The molecule has 0 unspecified atom stereocenters. The number of nitrogens with zero attached hydrogens (tertiary/aromatic N) is 1. The first kappa shape index (κ1) is 11.1. The molecule has 1 aromatic carbocycles. The topological polar surface area (TPSA) is 50.2 Å². The van der Waals surface area contributed by atoms with E-state index in [0.29, 0.717) is 5.52 Å². The maximum absolute atomic E-state index is 11.0. The van der Waals surface area contributed by atoms with Gasteiger partial charge in [-0.05, 0) is 12.1 Å². The van der Waals surface area contributed by atoms with Gasteiger partial charge in [-0.25, -0.2) is 9.78 Å². The van der Waals surface area contributed by atoms with Gasteiger partial charge in [0, 0.05) is 5.41 Å². The van der Waals surface area contributed by atoms with Gasteiger partial charge in [-0.1, -0.05) is 26.8 Å². The highest BCUT2D eigenvalue weighted by Gasteiger charge is 2.20. The van der Waals surface area contributed by atoms with Crippen LogP contribution in [-0.4, -0.2) is 16.1 Å². The molecule has 2 rings (SSSR count). The number of carbonyl (C=O) groups is 1. The first-order valence-electron chi connectivity index (χ1n) is 5.03. The van der Waals surface area contributed by atoms with Crippen LogP contribution < -0.4 is 0 Å². The highest BCUT2D eigenvalue weighted by Crippen LogP contribution is 2.32. The molecule has 0 saturated carbocycles. The molecule has 16 heavy (non-hydrogen) atoms. The Morgan fingerprint density at radius 2 is 2.06 bits per heavy atom. The van der Waals surface area contributed by atoms with Gasteiger partial charge in [0.2, 0.25) is 0 Å². The van der Waals surface area contributed by atoms with Crippen molar-refractivity contribution in [2.75, 3.05) is 0 Å². The highest BCUT2D eigenvalue weighted by molar-refractivity contribution is 7.18. The zero-order chi connectivity index (χ0) is 11.9. The maximum Gasteiger partial charge on any atom is 0.337 e. The molecule has 0 aliphatic heterocycles. The van der Waals surface area contributed by atoms with Gasteiger partial charge in [-0.15, -0.1) is 11.3 Å². The van der Waals surface area contributed by atoms with E-state index in [1.54, 1.807) is 23.5 Å². The van der Waals surface area contributed by atoms with Crippen LogP contribution >= 0.6 is 11.3 Å². The third-order valence-corrected chi connectivity index (χ3v) is 3.74.